The van der Waals surface area contributed by atoms with Gasteiger partial charge in [-0.15, -0.1) is 0 Å². The smallest absolute Gasteiger partial charge is 0.0641 e. The summed E-state index contributed by atoms with van der Waals surface area (Å²) < 4.78 is 2.06. The van der Waals surface area contributed by atoms with Gasteiger partial charge in [0.1, 0.15) is 0 Å². The second kappa shape index (κ2) is 4.79. The minimum Gasteiger partial charge on any atom is -0.310 e. The van der Waals surface area contributed by atoms with Gasteiger partial charge >= 0.3 is 0 Å². The van der Waals surface area contributed by atoms with Gasteiger partial charge in [-0.2, -0.15) is 5.10 Å². The molecule has 15 heavy (non-hydrogen) atoms. The molecule has 0 fully saturated rings. The van der Waals surface area contributed by atoms with Crippen molar-refractivity contribution in [3.05, 3.63) is 18.0 Å². The minimum atomic E-state index is 0.176. The first-order valence-corrected chi connectivity index (χ1v) is 5.68. The van der Waals surface area contributed by atoms with E-state index in [0.717, 1.165) is 13.0 Å². The van der Waals surface area contributed by atoms with Crippen LogP contribution in [0.5, 0.6) is 0 Å². The topological polar surface area (TPSA) is 29.9 Å². The lowest BCUT2D eigenvalue weighted by Gasteiger charge is -2.24. The van der Waals surface area contributed by atoms with Gasteiger partial charge in [-0.1, -0.05) is 6.92 Å². The summed E-state index contributed by atoms with van der Waals surface area (Å²) in [7, 11) is 0. The normalized spacial score (nSPS) is 14.2. The molecule has 3 heteroatoms. The van der Waals surface area contributed by atoms with Gasteiger partial charge in [0.2, 0.25) is 0 Å². The van der Waals surface area contributed by atoms with Gasteiger partial charge < -0.3 is 5.32 Å². The van der Waals surface area contributed by atoms with E-state index in [1.54, 1.807) is 0 Å². The van der Waals surface area contributed by atoms with Crippen LogP contribution in [0.4, 0.5) is 0 Å². The van der Waals surface area contributed by atoms with Gasteiger partial charge in [0.15, 0.2) is 0 Å². The molecule has 0 amide bonds. The highest BCUT2D eigenvalue weighted by molar-refractivity contribution is 5.00. The van der Waals surface area contributed by atoms with Crippen molar-refractivity contribution in [1.29, 1.82) is 0 Å². The Balaban J connectivity index is 2.57. The van der Waals surface area contributed by atoms with E-state index in [0.29, 0.717) is 6.04 Å². The number of hydrogen-bond donors (Lipinski definition) is 1. The lowest BCUT2D eigenvalue weighted by Crippen LogP contribution is -2.39. The summed E-state index contributed by atoms with van der Waals surface area (Å²) in [4.78, 5) is 0. The second-order valence-electron chi connectivity index (χ2n) is 5.19. The molecule has 1 heterocycles. The maximum Gasteiger partial charge on any atom is 0.0641 e. The van der Waals surface area contributed by atoms with Crippen molar-refractivity contribution < 1.29 is 0 Å². The van der Waals surface area contributed by atoms with E-state index in [-0.39, 0.29) is 5.54 Å². The molecule has 86 valence electrons. The van der Waals surface area contributed by atoms with Gasteiger partial charge in [-0.25, -0.2) is 0 Å². The number of aromatic nitrogens is 2. The first-order chi connectivity index (χ1) is 6.92. The zero-order valence-electron chi connectivity index (χ0n) is 10.5. The molecule has 3 nitrogen and oxygen atoms in total. The highest BCUT2D eigenvalue weighted by atomic mass is 15.3. The average molecular weight is 209 g/mol. The summed E-state index contributed by atoms with van der Waals surface area (Å²) >= 11 is 0. The van der Waals surface area contributed by atoms with Crippen LogP contribution in [-0.2, 0) is 0 Å². The Bertz CT molecular complexity index is 296. The molecule has 0 aromatic carbocycles. The second-order valence-corrected chi connectivity index (χ2v) is 5.19. The van der Waals surface area contributed by atoms with Crippen molar-refractivity contribution >= 4 is 0 Å². The van der Waals surface area contributed by atoms with E-state index in [4.69, 9.17) is 0 Å². The molecule has 1 aromatic rings. The van der Waals surface area contributed by atoms with Crippen molar-refractivity contribution in [3.63, 3.8) is 0 Å². The van der Waals surface area contributed by atoms with Crippen molar-refractivity contribution in [2.24, 2.45) is 0 Å². The molecule has 0 aliphatic rings. The largest absolute Gasteiger partial charge is 0.310 e. The van der Waals surface area contributed by atoms with Crippen LogP contribution in [-0.4, -0.2) is 21.9 Å². The highest BCUT2D eigenvalue weighted by Gasteiger charge is 2.14. The maximum atomic E-state index is 4.36. The van der Waals surface area contributed by atoms with Gasteiger partial charge in [0, 0.05) is 18.3 Å². The fourth-order valence-electron chi connectivity index (χ4n) is 1.48. The van der Waals surface area contributed by atoms with E-state index in [1.165, 1.54) is 5.56 Å². The fourth-order valence-corrected chi connectivity index (χ4v) is 1.48. The third-order valence-corrected chi connectivity index (χ3v) is 2.44. The summed E-state index contributed by atoms with van der Waals surface area (Å²) in [6.45, 7) is 11.8. The number of aryl methyl sites for hydroxylation is 1. The number of hydrogen-bond acceptors (Lipinski definition) is 2. The molecule has 0 spiro atoms. The minimum absolute atomic E-state index is 0.176. The van der Waals surface area contributed by atoms with Gasteiger partial charge in [0.25, 0.3) is 0 Å². The van der Waals surface area contributed by atoms with Crippen LogP contribution >= 0.6 is 0 Å². The predicted molar refractivity (Wildman–Crippen MR) is 64.0 cm³/mol. The van der Waals surface area contributed by atoms with Crippen LogP contribution < -0.4 is 5.32 Å². The van der Waals surface area contributed by atoms with Crippen molar-refractivity contribution in [3.8, 4) is 0 Å². The first kappa shape index (κ1) is 12.2. The fraction of sp³-hybridized carbons (Fsp3) is 0.750. The summed E-state index contributed by atoms with van der Waals surface area (Å²) in [6.07, 6.45) is 5.13. The van der Waals surface area contributed by atoms with Crippen LogP contribution in [0.1, 0.15) is 45.7 Å². The summed E-state index contributed by atoms with van der Waals surface area (Å²) in [5.74, 6) is 0. The predicted octanol–water partition coefficient (Wildman–Crippen LogP) is 2.53. The molecule has 1 aromatic heterocycles. The average Bonchev–Trinajstić information content (AvgIpc) is 2.51. The van der Waals surface area contributed by atoms with E-state index >= 15 is 0 Å². The molecule has 0 saturated heterocycles. The van der Waals surface area contributed by atoms with Crippen LogP contribution in [0.2, 0.25) is 0 Å². The van der Waals surface area contributed by atoms with Crippen molar-refractivity contribution in [2.75, 3.05) is 6.54 Å². The monoisotopic (exact) mass is 209 g/mol. The van der Waals surface area contributed by atoms with E-state index < -0.39 is 0 Å². The quantitative estimate of drug-likeness (QED) is 0.826. The standard InChI is InChI=1S/C12H23N3/c1-6-11(8-13-12(3,4)5)15-9-10(2)7-14-15/h7,9,11,13H,6,8H2,1-5H3. The van der Waals surface area contributed by atoms with Crippen LogP contribution in [0.15, 0.2) is 12.4 Å². The Morgan fingerprint density at radius 3 is 2.53 bits per heavy atom. The van der Waals surface area contributed by atoms with E-state index in [9.17, 15) is 0 Å². The number of rotatable bonds is 4. The lowest BCUT2D eigenvalue weighted by atomic mass is 10.1. The molecule has 1 rings (SSSR count). The van der Waals surface area contributed by atoms with Crippen LogP contribution in [0.3, 0.4) is 0 Å². The zero-order valence-corrected chi connectivity index (χ0v) is 10.5. The van der Waals surface area contributed by atoms with E-state index in [1.807, 2.05) is 6.20 Å². The van der Waals surface area contributed by atoms with Crippen molar-refractivity contribution in [1.82, 2.24) is 15.1 Å². The molecule has 0 aliphatic carbocycles. The lowest BCUT2D eigenvalue weighted by molar-refractivity contribution is 0.345. The zero-order chi connectivity index (χ0) is 11.5. The molecule has 0 bridgehead atoms. The summed E-state index contributed by atoms with van der Waals surface area (Å²) in [5.41, 5.74) is 1.40. The molecule has 1 atom stereocenters. The van der Waals surface area contributed by atoms with Gasteiger partial charge in [0.05, 0.1) is 12.2 Å². The molecule has 0 radical (unpaired) electrons. The molecule has 1 N–H and O–H groups in total. The Morgan fingerprint density at radius 1 is 1.47 bits per heavy atom. The third-order valence-electron chi connectivity index (χ3n) is 2.44. The van der Waals surface area contributed by atoms with Crippen molar-refractivity contribution in [2.45, 2.75) is 52.6 Å². The Kier molecular flexibility index (Phi) is 3.91. The van der Waals surface area contributed by atoms with Gasteiger partial charge in [-0.3, -0.25) is 4.68 Å². The molecule has 0 aliphatic heterocycles. The SMILES string of the molecule is CCC(CNC(C)(C)C)n1cc(C)cn1. The molecular weight excluding hydrogens is 186 g/mol. The third kappa shape index (κ3) is 4.04. The highest BCUT2D eigenvalue weighted by Crippen LogP contribution is 2.11. The Morgan fingerprint density at radius 2 is 2.13 bits per heavy atom. The Hall–Kier alpha value is -0.830. The summed E-state index contributed by atoms with van der Waals surface area (Å²) in [6, 6.07) is 0.456. The first-order valence-electron chi connectivity index (χ1n) is 5.68. The maximum absolute atomic E-state index is 4.36. The summed E-state index contributed by atoms with van der Waals surface area (Å²) in [5, 5.41) is 7.88. The van der Waals surface area contributed by atoms with Gasteiger partial charge in [-0.05, 0) is 39.7 Å². The van der Waals surface area contributed by atoms with E-state index in [2.05, 4.69) is 55.9 Å². The number of nitrogens with zero attached hydrogens (tertiary/aromatic N) is 2. The van der Waals surface area contributed by atoms with Crippen LogP contribution in [0, 0.1) is 6.92 Å². The Labute approximate surface area is 92.9 Å². The molecule has 0 saturated carbocycles. The number of nitrogens with one attached hydrogen (secondary N) is 1. The molecule has 1 unspecified atom stereocenters. The molecular formula is C12H23N3. The van der Waals surface area contributed by atoms with Crippen LogP contribution in [0.25, 0.3) is 0 Å².